The van der Waals surface area contributed by atoms with Crippen LogP contribution in [0.4, 0.5) is 0 Å². The first kappa shape index (κ1) is 15.8. The Bertz CT molecular complexity index is 436. The summed E-state index contributed by atoms with van der Waals surface area (Å²) in [4.78, 5) is 1.47. The van der Waals surface area contributed by atoms with Gasteiger partial charge in [0.25, 0.3) is 0 Å². The van der Waals surface area contributed by atoms with Gasteiger partial charge in [0.1, 0.15) is 11.5 Å². The van der Waals surface area contributed by atoms with Gasteiger partial charge in [-0.1, -0.05) is 36.0 Å². The second-order valence-electron chi connectivity index (χ2n) is 3.04. The molecule has 0 unspecified atom stereocenters. The second kappa shape index (κ2) is 7.22. The van der Waals surface area contributed by atoms with Gasteiger partial charge in [0, 0.05) is 0 Å². The SMILES string of the molecule is N.Oc1ccccc1Sc1ccccc1O.[Ni+2]. The molecule has 0 aliphatic heterocycles. The van der Waals surface area contributed by atoms with Gasteiger partial charge in [0.15, 0.2) is 0 Å². The standard InChI is InChI=1S/C12H10O2S.H3N.Ni/c13-9-5-1-3-7-11(9)15-12-8-4-2-6-10(12)14;;/h1-8,13-14H;1H3;/q;;+2. The average molecular weight is 294 g/mol. The fourth-order valence-electron chi connectivity index (χ4n) is 1.21. The second-order valence-corrected chi connectivity index (χ2v) is 4.12. The van der Waals surface area contributed by atoms with Crippen molar-refractivity contribution in [3.8, 4) is 11.5 Å². The van der Waals surface area contributed by atoms with Crippen LogP contribution in [0.1, 0.15) is 0 Å². The number of phenolic OH excluding ortho intramolecular Hbond substituents is 2. The molecular formula is C12H13NNiO2S+2. The van der Waals surface area contributed by atoms with Crippen molar-refractivity contribution in [2.75, 3.05) is 0 Å². The summed E-state index contributed by atoms with van der Waals surface area (Å²) in [6.07, 6.45) is 0. The monoisotopic (exact) mass is 293 g/mol. The topological polar surface area (TPSA) is 75.5 Å². The van der Waals surface area contributed by atoms with Gasteiger partial charge >= 0.3 is 16.5 Å². The van der Waals surface area contributed by atoms with Crippen molar-refractivity contribution >= 4 is 11.8 Å². The fraction of sp³-hybridized carbons (Fsp3) is 0. The summed E-state index contributed by atoms with van der Waals surface area (Å²) in [5.74, 6) is 0.455. The Hall–Kier alpha value is -1.16. The molecule has 0 aromatic heterocycles. The predicted octanol–water partition coefficient (Wildman–Crippen LogP) is 3.41. The van der Waals surface area contributed by atoms with Gasteiger partial charge in [-0.3, -0.25) is 0 Å². The first-order chi connectivity index (χ1) is 7.27. The molecule has 3 nitrogen and oxygen atoms in total. The summed E-state index contributed by atoms with van der Waals surface area (Å²) in [6, 6.07) is 14.1. The van der Waals surface area contributed by atoms with Crippen LogP contribution in [0.2, 0.25) is 0 Å². The van der Waals surface area contributed by atoms with Crippen LogP contribution in [0, 0.1) is 0 Å². The third-order valence-corrected chi connectivity index (χ3v) is 3.08. The van der Waals surface area contributed by atoms with E-state index < -0.39 is 0 Å². The zero-order chi connectivity index (χ0) is 10.7. The van der Waals surface area contributed by atoms with Crippen molar-refractivity contribution in [3.63, 3.8) is 0 Å². The Morgan fingerprint density at radius 2 is 1.06 bits per heavy atom. The third-order valence-electron chi connectivity index (χ3n) is 1.95. The Balaban J connectivity index is 0.00000128. The Kier molecular flexibility index (Phi) is 6.73. The quantitative estimate of drug-likeness (QED) is 0.742. The normalized spacial score (nSPS) is 8.94. The van der Waals surface area contributed by atoms with E-state index in [0.717, 1.165) is 9.79 Å². The minimum absolute atomic E-state index is 0. The average Bonchev–Trinajstić information content (AvgIpc) is 2.24. The van der Waals surface area contributed by atoms with Crippen molar-refractivity contribution in [2.24, 2.45) is 0 Å². The Morgan fingerprint density at radius 3 is 1.41 bits per heavy atom. The molecule has 0 bridgehead atoms. The molecule has 0 amide bonds. The van der Waals surface area contributed by atoms with Crippen molar-refractivity contribution < 1.29 is 26.7 Å². The van der Waals surface area contributed by atoms with Crippen LogP contribution in [-0.2, 0) is 16.5 Å². The van der Waals surface area contributed by atoms with E-state index >= 15 is 0 Å². The van der Waals surface area contributed by atoms with Gasteiger partial charge in [-0.2, -0.15) is 0 Å². The van der Waals surface area contributed by atoms with Crippen LogP contribution in [0.5, 0.6) is 11.5 Å². The van der Waals surface area contributed by atoms with Gasteiger partial charge in [0.05, 0.1) is 9.79 Å². The molecule has 0 radical (unpaired) electrons. The van der Waals surface area contributed by atoms with Gasteiger partial charge < -0.3 is 16.4 Å². The van der Waals surface area contributed by atoms with Crippen LogP contribution in [0.3, 0.4) is 0 Å². The summed E-state index contributed by atoms with van der Waals surface area (Å²) in [6.45, 7) is 0. The zero-order valence-electron chi connectivity index (χ0n) is 8.94. The van der Waals surface area contributed by atoms with Crippen molar-refractivity contribution in [3.05, 3.63) is 48.5 Å². The molecule has 2 rings (SSSR count). The number of hydrogen-bond acceptors (Lipinski definition) is 4. The van der Waals surface area contributed by atoms with Crippen LogP contribution in [0.25, 0.3) is 0 Å². The van der Waals surface area contributed by atoms with Gasteiger partial charge in [-0.25, -0.2) is 0 Å². The molecule has 5 heteroatoms. The molecule has 2 aromatic rings. The summed E-state index contributed by atoms with van der Waals surface area (Å²) >= 11 is 1.34. The van der Waals surface area contributed by atoms with Crippen molar-refractivity contribution in [2.45, 2.75) is 9.79 Å². The third kappa shape index (κ3) is 3.97. The molecule has 0 fully saturated rings. The van der Waals surface area contributed by atoms with E-state index in [-0.39, 0.29) is 34.1 Å². The summed E-state index contributed by atoms with van der Waals surface area (Å²) < 4.78 is 0. The number of rotatable bonds is 2. The van der Waals surface area contributed by atoms with E-state index in [2.05, 4.69) is 0 Å². The maximum atomic E-state index is 9.56. The molecule has 92 valence electrons. The van der Waals surface area contributed by atoms with Crippen molar-refractivity contribution in [1.82, 2.24) is 6.15 Å². The van der Waals surface area contributed by atoms with Gasteiger partial charge in [-0.05, 0) is 24.3 Å². The smallest absolute Gasteiger partial charge is 0.507 e. The number of para-hydroxylation sites is 2. The molecule has 2 aromatic carbocycles. The van der Waals surface area contributed by atoms with E-state index in [1.807, 2.05) is 24.3 Å². The van der Waals surface area contributed by atoms with Crippen molar-refractivity contribution in [1.29, 1.82) is 0 Å². The van der Waals surface area contributed by atoms with E-state index in [1.165, 1.54) is 11.8 Å². The number of hydrogen-bond donors (Lipinski definition) is 3. The predicted molar refractivity (Wildman–Crippen MR) is 65.4 cm³/mol. The number of phenols is 2. The van der Waals surface area contributed by atoms with Gasteiger partial charge in [-0.15, -0.1) is 0 Å². The summed E-state index contributed by atoms with van der Waals surface area (Å²) in [5, 5.41) is 19.1. The summed E-state index contributed by atoms with van der Waals surface area (Å²) in [5.41, 5.74) is 0. The fourth-order valence-corrected chi connectivity index (χ4v) is 2.08. The van der Waals surface area contributed by atoms with E-state index in [1.54, 1.807) is 24.3 Å². The first-order valence-corrected chi connectivity index (χ1v) is 5.33. The number of aromatic hydroxyl groups is 2. The molecule has 0 heterocycles. The molecule has 0 saturated carbocycles. The Morgan fingerprint density at radius 1 is 0.706 bits per heavy atom. The maximum absolute atomic E-state index is 9.56. The minimum atomic E-state index is 0. The number of benzene rings is 2. The van der Waals surface area contributed by atoms with Crippen LogP contribution >= 0.6 is 11.8 Å². The zero-order valence-corrected chi connectivity index (χ0v) is 10.7. The largest absolute Gasteiger partial charge is 2.00 e. The van der Waals surface area contributed by atoms with Crippen LogP contribution in [-0.4, -0.2) is 10.2 Å². The molecule has 0 spiro atoms. The molecule has 0 aliphatic carbocycles. The minimum Gasteiger partial charge on any atom is -0.507 e. The molecule has 0 atom stereocenters. The maximum Gasteiger partial charge on any atom is 2.00 e. The molecular weight excluding hydrogens is 281 g/mol. The molecule has 0 saturated heterocycles. The van der Waals surface area contributed by atoms with Crippen LogP contribution in [0.15, 0.2) is 58.3 Å². The van der Waals surface area contributed by atoms with E-state index in [0.29, 0.717) is 0 Å². The van der Waals surface area contributed by atoms with Gasteiger partial charge in [0.2, 0.25) is 0 Å². The Labute approximate surface area is 114 Å². The van der Waals surface area contributed by atoms with Crippen LogP contribution < -0.4 is 6.15 Å². The molecule has 5 N–H and O–H groups in total. The molecule has 17 heavy (non-hydrogen) atoms. The van der Waals surface area contributed by atoms with E-state index in [4.69, 9.17) is 0 Å². The molecule has 0 aliphatic rings. The summed E-state index contributed by atoms with van der Waals surface area (Å²) in [7, 11) is 0. The first-order valence-electron chi connectivity index (χ1n) is 4.51. The van der Waals surface area contributed by atoms with E-state index in [9.17, 15) is 10.2 Å².